The molecule has 1 amide bonds. The zero-order valence-electron chi connectivity index (χ0n) is 16.3. The zero-order chi connectivity index (χ0) is 20.8. The Morgan fingerprint density at radius 3 is 2.68 bits per heavy atom. The van der Waals surface area contributed by atoms with Gasteiger partial charge in [-0.25, -0.2) is 0 Å². The topological polar surface area (TPSA) is 67.0 Å². The van der Waals surface area contributed by atoms with E-state index in [1.807, 2.05) is 26.0 Å². The number of benzene rings is 1. The highest BCUT2D eigenvalue weighted by atomic mass is 35.5. The fourth-order valence-corrected chi connectivity index (χ4v) is 3.66. The Balaban J connectivity index is 2.20. The molecular weight excluding hydrogens is 397 g/mol. The smallest absolute Gasteiger partial charge is 0.262 e. The van der Waals surface area contributed by atoms with E-state index < -0.39 is 5.91 Å². The molecule has 1 heterocycles. The van der Waals surface area contributed by atoms with Crippen molar-refractivity contribution in [2.75, 3.05) is 13.7 Å². The number of carbonyl (C=O) groups excluding carboxylic acids is 1. The van der Waals surface area contributed by atoms with Gasteiger partial charge in [-0.3, -0.25) is 4.79 Å². The van der Waals surface area contributed by atoms with Gasteiger partial charge in [0, 0.05) is 35.1 Å². The van der Waals surface area contributed by atoms with Crippen molar-refractivity contribution < 1.29 is 9.53 Å². The van der Waals surface area contributed by atoms with E-state index in [1.165, 1.54) is 0 Å². The van der Waals surface area contributed by atoms with E-state index in [-0.39, 0.29) is 18.2 Å². The van der Waals surface area contributed by atoms with Gasteiger partial charge in [-0.15, -0.1) is 0 Å². The van der Waals surface area contributed by atoms with Crippen LogP contribution in [0.15, 0.2) is 29.8 Å². The van der Waals surface area contributed by atoms with Crippen molar-refractivity contribution in [3.05, 3.63) is 62.4 Å². The quantitative estimate of drug-likeness (QED) is 0.515. The third kappa shape index (κ3) is 5.17. The molecule has 1 N–H and O–H groups in total. The van der Waals surface area contributed by atoms with E-state index in [9.17, 15) is 10.1 Å². The highest BCUT2D eigenvalue weighted by Crippen LogP contribution is 2.23. The number of aryl methyl sites for hydroxylation is 1. The number of halogens is 2. The second-order valence-corrected chi connectivity index (χ2v) is 7.43. The van der Waals surface area contributed by atoms with Gasteiger partial charge in [0.05, 0.1) is 12.6 Å². The molecule has 0 saturated heterocycles. The number of ether oxygens (including phenoxy) is 1. The summed E-state index contributed by atoms with van der Waals surface area (Å²) in [6.07, 6.45) is 1.61. The lowest BCUT2D eigenvalue weighted by atomic mass is 10.1. The molecule has 148 valence electrons. The summed E-state index contributed by atoms with van der Waals surface area (Å²) in [6.45, 7) is 6.80. The zero-order valence-corrected chi connectivity index (χ0v) is 17.9. The van der Waals surface area contributed by atoms with E-state index in [0.29, 0.717) is 16.7 Å². The molecule has 0 radical (unpaired) electrons. The molecule has 7 heteroatoms. The SMILES string of the molecule is COCC(C)n1c(C)cc(/C=C(\C#N)C(=O)NCc2ccc(Cl)cc2Cl)c1C. The summed E-state index contributed by atoms with van der Waals surface area (Å²) >= 11 is 12.0. The van der Waals surface area contributed by atoms with Gasteiger partial charge >= 0.3 is 0 Å². The minimum atomic E-state index is -0.455. The third-order valence-electron chi connectivity index (χ3n) is 4.49. The van der Waals surface area contributed by atoms with Crippen LogP contribution in [0.2, 0.25) is 10.0 Å². The lowest BCUT2D eigenvalue weighted by molar-refractivity contribution is -0.117. The first-order valence-corrected chi connectivity index (χ1v) is 9.55. The maximum atomic E-state index is 12.5. The first-order chi connectivity index (χ1) is 13.3. The van der Waals surface area contributed by atoms with Crippen LogP contribution in [0, 0.1) is 25.2 Å². The summed E-state index contributed by atoms with van der Waals surface area (Å²) in [5, 5.41) is 13.2. The molecule has 1 unspecified atom stereocenters. The molecule has 0 fully saturated rings. The molecule has 1 aromatic carbocycles. The molecule has 1 aromatic heterocycles. The van der Waals surface area contributed by atoms with Gasteiger partial charge in [0.15, 0.2) is 0 Å². The van der Waals surface area contributed by atoms with E-state index >= 15 is 0 Å². The summed E-state index contributed by atoms with van der Waals surface area (Å²) in [6, 6.07) is 9.15. The molecule has 0 bridgehead atoms. The van der Waals surface area contributed by atoms with Crippen molar-refractivity contribution >= 4 is 35.2 Å². The second kappa shape index (κ2) is 9.79. The average molecular weight is 420 g/mol. The Labute approximate surface area is 175 Å². The molecule has 0 aliphatic rings. The molecule has 2 rings (SSSR count). The average Bonchev–Trinajstić information content (AvgIpc) is 2.92. The summed E-state index contributed by atoms with van der Waals surface area (Å²) < 4.78 is 7.37. The number of hydrogen-bond donors (Lipinski definition) is 1. The Bertz CT molecular complexity index is 942. The first-order valence-electron chi connectivity index (χ1n) is 8.79. The fourth-order valence-electron chi connectivity index (χ4n) is 3.18. The monoisotopic (exact) mass is 419 g/mol. The van der Waals surface area contributed by atoms with Crippen LogP contribution in [-0.2, 0) is 16.1 Å². The summed E-state index contributed by atoms with van der Waals surface area (Å²) in [5.41, 5.74) is 3.60. The van der Waals surface area contributed by atoms with Crippen molar-refractivity contribution in [1.29, 1.82) is 5.26 Å². The Morgan fingerprint density at radius 1 is 1.36 bits per heavy atom. The molecular formula is C21H23Cl2N3O2. The third-order valence-corrected chi connectivity index (χ3v) is 5.08. The number of carbonyl (C=O) groups is 1. The van der Waals surface area contributed by atoms with Crippen LogP contribution in [-0.4, -0.2) is 24.2 Å². The number of nitrogens with one attached hydrogen (secondary N) is 1. The highest BCUT2D eigenvalue weighted by Gasteiger charge is 2.16. The van der Waals surface area contributed by atoms with Gasteiger partial charge in [-0.1, -0.05) is 29.3 Å². The van der Waals surface area contributed by atoms with Crippen LogP contribution in [0.4, 0.5) is 0 Å². The first kappa shape index (κ1) is 22.0. The Morgan fingerprint density at radius 2 is 2.07 bits per heavy atom. The number of amides is 1. The normalized spacial score (nSPS) is 12.5. The highest BCUT2D eigenvalue weighted by molar-refractivity contribution is 6.35. The van der Waals surface area contributed by atoms with E-state index in [4.69, 9.17) is 27.9 Å². The minimum absolute atomic E-state index is 0.0322. The van der Waals surface area contributed by atoms with E-state index in [2.05, 4.69) is 16.8 Å². The van der Waals surface area contributed by atoms with Crippen molar-refractivity contribution in [2.24, 2.45) is 0 Å². The summed E-state index contributed by atoms with van der Waals surface area (Å²) in [4.78, 5) is 12.5. The van der Waals surface area contributed by atoms with Gasteiger partial charge in [0.25, 0.3) is 5.91 Å². The molecule has 0 aliphatic heterocycles. The predicted molar refractivity (Wildman–Crippen MR) is 112 cm³/mol. The Hall–Kier alpha value is -2.26. The lowest BCUT2D eigenvalue weighted by Crippen LogP contribution is -2.24. The molecule has 5 nitrogen and oxygen atoms in total. The van der Waals surface area contributed by atoms with Crippen LogP contribution in [0.1, 0.15) is 35.5 Å². The van der Waals surface area contributed by atoms with Crippen LogP contribution in [0.3, 0.4) is 0 Å². The Kier molecular flexibility index (Phi) is 7.70. The van der Waals surface area contributed by atoms with Gasteiger partial charge in [-0.2, -0.15) is 5.26 Å². The molecule has 0 spiro atoms. The number of rotatable bonds is 7. The van der Waals surface area contributed by atoms with Crippen LogP contribution in [0.25, 0.3) is 6.08 Å². The summed E-state index contributed by atoms with van der Waals surface area (Å²) in [7, 11) is 1.66. The molecule has 0 saturated carbocycles. The van der Waals surface area contributed by atoms with Crippen LogP contribution in [0.5, 0.6) is 0 Å². The number of hydrogen-bond acceptors (Lipinski definition) is 3. The number of aromatic nitrogens is 1. The number of nitriles is 1. The van der Waals surface area contributed by atoms with Gasteiger partial charge in [-0.05, 0) is 56.2 Å². The summed E-state index contributed by atoms with van der Waals surface area (Å²) in [5.74, 6) is -0.455. The van der Waals surface area contributed by atoms with Gasteiger partial charge in [0.2, 0.25) is 0 Å². The second-order valence-electron chi connectivity index (χ2n) is 6.59. The van der Waals surface area contributed by atoms with Gasteiger partial charge in [0.1, 0.15) is 11.6 Å². The maximum Gasteiger partial charge on any atom is 0.262 e. The standard InChI is InChI=1S/C21H23Cl2N3O2/c1-13-7-17(15(3)26(13)14(2)12-28-4)8-18(10-24)21(27)25-11-16-5-6-19(22)9-20(16)23/h5-9,14H,11-12H2,1-4H3,(H,25,27)/b18-8+. The van der Waals surface area contributed by atoms with Crippen molar-refractivity contribution in [2.45, 2.75) is 33.4 Å². The number of nitrogens with zero attached hydrogens (tertiary/aromatic N) is 2. The predicted octanol–water partition coefficient (Wildman–Crippen LogP) is 4.84. The van der Waals surface area contributed by atoms with Crippen molar-refractivity contribution in [3.63, 3.8) is 0 Å². The largest absolute Gasteiger partial charge is 0.383 e. The van der Waals surface area contributed by atoms with Crippen molar-refractivity contribution in [3.8, 4) is 6.07 Å². The van der Waals surface area contributed by atoms with Crippen molar-refractivity contribution in [1.82, 2.24) is 9.88 Å². The van der Waals surface area contributed by atoms with Crippen LogP contribution >= 0.6 is 23.2 Å². The van der Waals surface area contributed by atoms with Crippen LogP contribution < -0.4 is 5.32 Å². The molecule has 2 aromatic rings. The molecule has 1 atom stereocenters. The van der Waals surface area contributed by atoms with E-state index in [0.717, 1.165) is 22.5 Å². The molecule has 28 heavy (non-hydrogen) atoms. The minimum Gasteiger partial charge on any atom is -0.383 e. The van der Waals surface area contributed by atoms with E-state index in [1.54, 1.807) is 31.4 Å². The molecule has 0 aliphatic carbocycles. The number of methoxy groups -OCH3 is 1. The van der Waals surface area contributed by atoms with Gasteiger partial charge < -0.3 is 14.6 Å². The maximum absolute atomic E-state index is 12.5. The lowest BCUT2D eigenvalue weighted by Gasteiger charge is -2.17. The fraction of sp³-hybridized carbons (Fsp3) is 0.333.